The molecule has 168 valence electrons. The maximum Gasteiger partial charge on any atom is 0.254 e. The molecule has 4 aromatic rings. The summed E-state index contributed by atoms with van der Waals surface area (Å²) in [6.45, 7) is 2.35. The number of carbonyl (C=O) groups excluding carboxylic acids is 1. The topological polar surface area (TPSA) is 80.5 Å². The van der Waals surface area contributed by atoms with Crippen LogP contribution in [0.25, 0.3) is 28.0 Å². The standard InChI is InChI=1S/C25H24N4O3S/c1-33-23-15-29(25-26-13-20(14-27-25)18-4-2-3-17(11-18)16-30)22-12-19(5-6-21(22)23)24(31)28-7-9-32-10-8-28/h2-6,11-15,30H,7-10,16H2,1H3. The zero-order chi connectivity index (χ0) is 22.8. The fourth-order valence-corrected chi connectivity index (χ4v) is 4.65. The summed E-state index contributed by atoms with van der Waals surface area (Å²) in [6, 6.07) is 13.5. The van der Waals surface area contributed by atoms with E-state index in [1.54, 1.807) is 24.2 Å². The minimum atomic E-state index is -0.00882. The van der Waals surface area contributed by atoms with Gasteiger partial charge in [-0.1, -0.05) is 24.3 Å². The first kappa shape index (κ1) is 21.6. The van der Waals surface area contributed by atoms with Crippen molar-refractivity contribution in [1.82, 2.24) is 19.4 Å². The van der Waals surface area contributed by atoms with Crippen LogP contribution in [0.1, 0.15) is 15.9 Å². The van der Waals surface area contributed by atoms with E-state index in [4.69, 9.17) is 4.74 Å². The number of benzene rings is 2. The van der Waals surface area contributed by atoms with Crippen molar-refractivity contribution in [1.29, 1.82) is 0 Å². The molecule has 1 N–H and O–H groups in total. The number of rotatable bonds is 5. The first-order valence-electron chi connectivity index (χ1n) is 10.8. The average Bonchev–Trinajstić information content (AvgIpc) is 3.27. The van der Waals surface area contributed by atoms with Gasteiger partial charge in [0.05, 0.1) is 25.3 Å². The highest BCUT2D eigenvalue weighted by atomic mass is 32.2. The third-order valence-electron chi connectivity index (χ3n) is 5.83. The van der Waals surface area contributed by atoms with Crippen LogP contribution in [0.2, 0.25) is 0 Å². The number of hydrogen-bond acceptors (Lipinski definition) is 6. The van der Waals surface area contributed by atoms with Gasteiger partial charge in [-0.25, -0.2) is 9.97 Å². The number of aliphatic hydroxyl groups is 1. The van der Waals surface area contributed by atoms with E-state index in [9.17, 15) is 9.90 Å². The Balaban J connectivity index is 1.52. The lowest BCUT2D eigenvalue weighted by Gasteiger charge is -2.26. The molecule has 0 radical (unpaired) electrons. The van der Waals surface area contributed by atoms with Gasteiger partial charge >= 0.3 is 0 Å². The van der Waals surface area contributed by atoms with Crippen LogP contribution >= 0.6 is 11.8 Å². The van der Waals surface area contributed by atoms with Crippen LogP contribution in [0.5, 0.6) is 0 Å². The van der Waals surface area contributed by atoms with Crippen molar-refractivity contribution in [2.24, 2.45) is 0 Å². The maximum atomic E-state index is 13.0. The number of thioether (sulfide) groups is 1. The molecule has 0 spiro atoms. The Labute approximate surface area is 196 Å². The second-order valence-electron chi connectivity index (χ2n) is 7.83. The average molecular weight is 461 g/mol. The van der Waals surface area contributed by atoms with Gasteiger partial charge in [0.1, 0.15) is 0 Å². The number of hydrogen-bond donors (Lipinski definition) is 1. The summed E-state index contributed by atoms with van der Waals surface area (Å²) in [6.07, 6.45) is 7.61. The van der Waals surface area contributed by atoms with E-state index in [1.807, 2.05) is 64.4 Å². The molecule has 0 unspecified atom stereocenters. The molecule has 2 aromatic heterocycles. The number of amides is 1. The summed E-state index contributed by atoms with van der Waals surface area (Å²) in [5, 5.41) is 10.5. The highest BCUT2D eigenvalue weighted by Crippen LogP contribution is 2.31. The van der Waals surface area contributed by atoms with Crippen molar-refractivity contribution in [2.75, 3.05) is 32.6 Å². The quantitative estimate of drug-likeness (QED) is 0.457. The van der Waals surface area contributed by atoms with Gasteiger partial charge in [0.15, 0.2) is 0 Å². The summed E-state index contributed by atoms with van der Waals surface area (Å²) >= 11 is 1.65. The summed E-state index contributed by atoms with van der Waals surface area (Å²) in [4.78, 5) is 25.2. The van der Waals surface area contributed by atoms with Crippen LogP contribution in [0.4, 0.5) is 0 Å². The molecule has 8 heteroatoms. The third kappa shape index (κ3) is 4.25. The molecule has 33 heavy (non-hydrogen) atoms. The monoisotopic (exact) mass is 460 g/mol. The molecule has 1 saturated heterocycles. The van der Waals surface area contributed by atoms with Crippen molar-refractivity contribution >= 4 is 28.6 Å². The van der Waals surface area contributed by atoms with Crippen LogP contribution < -0.4 is 0 Å². The molecule has 0 aliphatic carbocycles. The van der Waals surface area contributed by atoms with E-state index >= 15 is 0 Å². The van der Waals surface area contributed by atoms with Gasteiger partial charge in [-0.05, 0) is 35.6 Å². The second kappa shape index (κ2) is 9.35. The lowest BCUT2D eigenvalue weighted by Crippen LogP contribution is -2.40. The predicted molar refractivity (Wildman–Crippen MR) is 129 cm³/mol. The van der Waals surface area contributed by atoms with Gasteiger partial charge in [-0.2, -0.15) is 0 Å². The number of fused-ring (bicyclic) bond motifs is 1. The second-order valence-corrected chi connectivity index (χ2v) is 8.68. The molecule has 5 rings (SSSR count). The van der Waals surface area contributed by atoms with Crippen molar-refractivity contribution in [3.8, 4) is 17.1 Å². The first-order chi connectivity index (χ1) is 16.2. The number of carbonyl (C=O) groups is 1. The Morgan fingerprint density at radius 1 is 1.09 bits per heavy atom. The molecule has 1 fully saturated rings. The summed E-state index contributed by atoms with van der Waals surface area (Å²) in [5.74, 6) is 0.553. The van der Waals surface area contributed by atoms with Gasteiger partial charge in [-0.15, -0.1) is 11.8 Å². The van der Waals surface area contributed by atoms with Crippen LogP contribution in [0.15, 0.2) is 66.0 Å². The van der Waals surface area contributed by atoms with Gasteiger partial charge in [0, 0.05) is 53.1 Å². The molecule has 0 saturated carbocycles. The first-order valence-corrected chi connectivity index (χ1v) is 12.0. The van der Waals surface area contributed by atoms with E-state index in [0.29, 0.717) is 37.8 Å². The van der Waals surface area contributed by atoms with E-state index in [-0.39, 0.29) is 12.5 Å². The molecular formula is C25H24N4O3S. The minimum Gasteiger partial charge on any atom is -0.392 e. The van der Waals surface area contributed by atoms with E-state index in [0.717, 1.165) is 32.5 Å². The van der Waals surface area contributed by atoms with Crippen molar-refractivity contribution in [2.45, 2.75) is 11.5 Å². The summed E-state index contributed by atoms with van der Waals surface area (Å²) in [5.41, 5.74) is 4.21. The van der Waals surface area contributed by atoms with Gasteiger partial charge in [0.25, 0.3) is 5.91 Å². The van der Waals surface area contributed by atoms with Gasteiger partial charge < -0.3 is 14.7 Å². The van der Waals surface area contributed by atoms with Crippen molar-refractivity contribution < 1.29 is 14.6 Å². The molecule has 0 atom stereocenters. The Morgan fingerprint density at radius 3 is 2.61 bits per heavy atom. The SMILES string of the molecule is CSc1cn(-c2ncc(-c3cccc(CO)c3)cn2)c2cc(C(=O)N3CCOCC3)ccc12. The number of aromatic nitrogens is 3. The Kier molecular flexibility index (Phi) is 6.13. The molecule has 1 amide bonds. The Hall–Kier alpha value is -3.20. The fraction of sp³-hybridized carbons (Fsp3) is 0.240. The number of morpholine rings is 1. The highest BCUT2D eigenvalue weighted by molar-refractivity contribution is 7.98. The molecule has 0 bridgehead atoms. The zero-order valence-corrected chi connectivity index (χ0v) is 19.1. The van der Waals surface area contributed by atoms with Crippen molar-refractivity contribution in [3.63, 3.8) is 0 Å². The van der Waals surface area contributed by atoms with E-state index in [1.165, 1.54) is 0 Å². The number of ether oxygens (including phenoxy) is 1. The van der Waals surface area contributed by atoms with Gasteiger partial charge in [-0.3, -0.25) is 9.36 Å². The zero-order valence-electron chi connectivity index (χ0n) is 18.3. The summed E-state index contributed by atoms with van der Waals surface area (Å²) < 4.78 is 7.31. The number of aliphatic hydroxyl groups excluding tert-OH is 1. The highest BCUT2D eigenvalue weighted by Gasteiger charge is 2.20. The lowest BCUT2D eigenvalue weighted by molar-refractivity contribution is 0.0303. The molecule has 2 aromatic carbocycles. The molecule has 1 aliphatic rings. The van der Waals surface area contributed by atoms with Crippen molar-refractivity contribution in [3.05, 3.63) is 72.2 Å². The molecule has 7 nitrogen and oxygen atoms in total. The third-order valence-corrected chi connectivity index (χ3v) is 6.60. The van der Waals surface area contributed by atoms with Gasteiger partial charge in [0.2, 0.25) is 5.95 Å². The van der Waals surface area contributed by atoms with Crippen LogP contribution in [-0.2, 0) is 11.3 Å². The van der Waals surface area contributed by atoms with E-state index < -0.39 is 0 Å². The predicted octanol–water partition coefficient (Wildman–Crippen LogP) is 3.77. The minimum absolute atomic E-state index is 0.00882. The van der Waals surface area contributed by atoms with Crippen LogP contribution in [0, 0.1) is 0 Å². The van der Waals surface area contributed by atoms with E-state index in [2.05, 4.69) is 9.97 Å². The molecule has 3 heterocycles. The Morgan fingerprint density at radius 2 is 1.88 bits per heavy atom. The fourth-order valence-electron chi connectivity index (χ4n) is 4.05. The van der Waals surface area contributed by atoms with Crippen LogP contribution in [0.3, 0.4) is 0 Å². The van der Waals surface area contributed by atoms with Crippen LogP contribution in [-0.4, -0.2) is 63.0 Å². The number of nitrogens with zero attached hydrogens (tertiary/aromatic N) is 4. The lowest BCUT2D eigenvalue weighted by atomic mass is 10.1. The largest absolute Gasteiger partial charge is 0.392 e. The Bertz CT molecular complexity index is 1300. The smallest absolute Gasteiger partial charge is 0.254 e. The molecule has 1 aliphatic heterocycles. The molecular weight excluding hydrogens is 436 g/mol. The normalized spacial score (nSPS) is 14.1. The summed E-state index contributed by atoms with van der Waals surface area (Å²) in [7, 11) is 0. The maximum absolute atomic E-state index is 13.0.